The average Bonchev–Trinajstić information content (AvgIpc) is 3.18. The van der Waals surface area contributed by atoms with Crippen LogP contribution < -0.4 is 40.2 Å². The van der Waals surface area contributed by atoms with E-state index in [0.717, 1.165) is 41.2 Å². The van der Waals surface area contributed by atoms with Crippen molar-refractivity contribution in [3.8, 4) is 0 Å². The summed E-state index contributed by atoms with van der Waals surface area (Å²) in [4.78, 5) is 67.1. The van der Waals surface area contributed by atoms with Gasteiger partial charge in [0.15, 0.2) is 49.6 Å². The molecule has 58 heavy (non-hydrogen) atoms. The molecule has 0 aromatic carbocycles. The highest BCUT2D eigenvalue weighted by Crippen LogP contribution is 2.29. The number of amides is 8. The fraction of sp³-hybridized carbons (Fsp3) is 0.350. The summed E-state index contributed by atoms with van der Waals surface area (Å²) >= 11 is 0. The number of aromatic nitrogens is 4. The monoisotopic (exact) mass is 804 g/mol. The molecular formula is C40H52N8O10. The first-order valence-corrected chi connectivity index (χ1v) is 18.2. The second kappa shape index (κ2) is 23.8. The van der Waals surface area contributed by atoms with Crippen LogP contribution in [0.4, 0.5) is 9.59 Å². The Hall–Kier alpha value is -6.98. The highest BCUT2D eigenvalue weighted by molar-refractivity contribution is 6.19. The molecule has 6 rings (SSSR count). The minimum absolute atomic E-state index is 0.397. The van der Waals surface area contributed by atoms with E-state index in [4.69, 9.17) is 0 Å². The molecule has 2 fully saturated rings. The second-order valence-electron chi connectivity index (χ2n) is 13.0. The van der Waals surface area contributed by atoms with Gasteiger partial charge in [-0.15, -0.1) is 0 Å². The largest absolute Gasteiger partial charge is 0.619 e. The number of hydrogen-bond donors (Lipinski definition) is 4. The summed E-state index contributed by atoms with van der Waals surface area (Å²) < 4.78 is 3.08. The van der Waals surface area contributed by atoms with Crippen molar-refractivity contribution in [2.45, 2.75) is 81.1 Å². The van der Waals surface area contributed by atoms with Crippen molar-refractivity contribution >= 4 is 35.7 Å². The Balaban J connectivity index is 0.000000353. The molecule has 2 saturated heterocycles. The highest BCUT2D eigenvalue weighted by Gasteiger charge is 2.48. The van der Waals surface area contributed by atoms with Crippen LogP contribution in [-0.2, 0) is 19.2 Å². The maximum atomic E-state index is 11.4. The van der Waals surface area contributed by atoms with Gasteiger partial charge in [0.25, 0.3) is 0 Å². The predicted octanol–water partition coefficient (Wildman–Crippen LogP) is 2.83. The third-order valence-electron chi connectivity index (χ3n) is 8.94. The predicted molar refractivity (Wildman–Crippen MR) is 210 cm³/mol. The lowest BCUT2D eigenvalue weighted by molar-refractivity contribution is -0.605. The first-order valence-electron chi connectivity index (χ1n) is 18.2. The zero-order valence-corrected chi connectivity index (χ0v) is 33.9. The minimum Gasteiger partial charge on any atom is -0.619 e. The minimum atomic E-state index is -1.06. The number of nitrogens with zero attached hydrogens (tertiary/aromatic N) is 4. The van der Waals surface area contributed by atoms with Crippen LogP contribution in [0.3, 0.4) is 0 Å². The van der Waals surface area contributed by atoms with Crippen molar-refractivity contribution in [3.05, 3.63) is 141 Å². The Bertz CT molecular complexity index is 1590. The maximum Gasteiger partial charge on any atom is 0.328 e. The second-order valence-corrected chi connectivity index (χ2v) is 13.0. The third-order valence-corrected chi connectivity index (χ3v) is 8.94. The summed E-state index contributed by atoms with van der Waals surface area (Å²) in [6, 6.07) is 12.7. The van der Waals surface area contributed by atoms with Gasteiger partial charge in [0.05, 0.1) is 0 Å². The zero-order chi connectivity index (χ0) is 44.1. The van der Waals surface area contributed by atoms with Crippen LogP contribution in [0.5, 0.6) is 0 Å². The summed E-state index contributed by atoms with van der Waals surface area (Å²) in [6.45, 7) is 14.8. The molecule has 4 N–H and O–H groups in total. The van der Waals surface area contributed by atoms with Gasteiger partial charge in [-0.3, -0.25) is 40.4 Å². The highest BCUT2D eigenvalue weighted by atomic mass is 16.5. The Morgan fingerprint density at radius 1 is 0.379 bits per heavy atom. The fourth-order valence-electron chi connectivity index (χ4n) is 4.89. The van der Waals surface area contributed by atoms with E-state index in [9.17, 15) is 49.6 Å². The molecule has 0 aliphatic carbocycles. The number of carbonyl (C=O) groups is 6. The van der Waals surface area contributed by atoms with Crippen molar-refractivity contribution in [3.63, 3.8) is 0 Å². The number of rotatable bonds is 4. The number of nitrogens with one attached hydrogen (secondary N) is 4. The molecule has 4 aromatic rings. The van der Waals surface area contributed by atoms with E-state index < -0.39 is 46.5 Å². The van der Waals surface area contributed by atoms with Crippen LogP contribution in [0, 0.1) is 59.4 Å². The molecule has 0 atom stereocenters. The quantitative estimate of drug-likeness (QED) is 0.133. The topological polar surface area (TPSA) is 258 Å². The molecular weight excluding hydrogens is 752 g/mol. The van der Waals surface area contributed by atoms with Gasteiger partial charge in [-0.1, -0.05) is 27.7 Å². The van der Waals surface area contributed by atoms with E-state index in [1.54, 1.807) is 76.2 Å². The van der Waals surface area contributed by atoms with Gasteiger partial charge in [-0.2, -0.15) is 18.9 Å². The van der Waals surface area contributed by atoms with Crippen LogP contribution in [-0.4, -0.2) is 35.7 Å². The van der Waals surface area contributed by atoms with Gasteiger partial charge in [0.1, 0.15) is 10.8 Å². The van der Waals surface area contributed by atoms with Crippen molar-refractivity contribution < 1.29 is 47.7 Å². The molecule has 8 amide bonds. The first-order chi connectivity index (χ1) is 27.3. The Morgan fingerprint density at radius 3 is 0.655 bits per heavy atom. The van der Waals surface area contributed by atoms with Gasteiger partial charge >= 0.3 is 12.1 Å². The van der Waals surface area contributed by atoms with Crippen molar-refractivity contribution in [2.75, 3.05) is 0 Å². The number of hydrogen-bond acceptors (Lipinski definition) is 10. The molecule has 4 aromatic heterocycles. The summed E-state index contributed by atoms with van der Waals surface area (Å²) in [5, 5.41) is 49.7. The first kappa shape index (κ1) is 49.0. The Kier molecular flexibility index (Phi) is 20.1. The van der Waals surface area contributed by atoms with E-state index in [2.05, 4.69) is 21.3 Å². The number of carbonyl (C=O) groups excluding carboxylic acids is 6. The normalized spacial score (nSPS) is 14.4. The van der Waals surface area contributed by atoms with Crippen LogP contribution in [0.2, 0.25) is 0 Å². The van der Waals surface area contributed by atoms with E-state index >= 15 is 0 Å². The molecule has 18 nitrogen and oxygen atoms in total. The van der Waals surface area contributed by atoms with Crippen molar-refractivity contribution in [2.24, 2.45) is 10.8 Å². The molecule has 18 heteroatoms. The molecule has 2 aliphatic rings. The van der Waals surface area contributed by atoms with Gasteiger partial charge in [0, 0.05) is 48.5 Å². The average molecular weight is 805 g/mol. The van der Waals surface area contributed by atoms with Crippen LogP contribution in [0.25, 0.3) is 0 Å². The lowest BCUT2D eigenvalue weighted by Gasteiger charge is -2.31. The molecule has 2 aliphatic heterocycles. The Labute approximate surface area is 337 Å². The molecule has 312 valence electrons. The van der Waals surface area contributed by atoms with Crippen LogP contribution in [0.15, 0.2) is 98.1 Å². The van der Waals surface area contributed by atoms with Gasteiger partial charge in [-0.05, 0) is 75.6 Å². The Morgan fingerprint density at radius 2 is 0.534 bits per heavy atom. The third kappa shape index (κ3) is 15.6. The summed E-state index contributed by atoms with van der Waals surface area (Å²) in [5.74, 6) is -1.98. The SMILES string of the molecule is CCC1(CC)C(=O)NC(=O)NC1=O.CCC1(CC)C(=O)NC(=O)NC1=O.Cc1cc[n+]([O-])cc1.Cc1cc[n+]([O-])cc1.Cc1cc[n+]([O-])cc1.Cc1cc[n+]([O-])cc1. The number of urea groups is 2. The smallest absolute Gasteiger partial charge is 0.328 e. The molecule has 6 heterocycles. The zero-order valence-electron chi connectivity index (χ0n) is 33.9. The number of pyridine rings is 4. The maximum absolute atomic E-state index is 11.4. The number of aryl methyl sites for hydroxylation is 4. The number of imide groups is 4. The van der Waals surface area contributed by atoms with Gasteiger partial charge in [-0.25, -0.2) is 9.59 Å². The molecule has 0 unspecified atom stereocenters. The van der Waals surface area contributed by atoms with Gasteiger partial charge < -0.3 is 20.8 Å². The lowest BCUT2D eigenvalue weighted by Crippen LogP contribution is -2.61. The van der Waals surface area contributed by atoms with E-state index in [1.165, 1.54) is 49.6 Å². The van der Waals surface area contributed by atoms with E-state index in [1.807, 2.05) is 27.7 Å². The van der Waals surface area contributed by atoms with E-state index in [-0.39, 0.29) is 0 Å². The molecule has 0 radical (unpaired) electrons. The standard InChI is InChI=1S/2C8H12N2O3.4C6H7NO/c2*1-3-8(4-2)5(11)9-7(13)10-6(8)12;4*1-6-2-4-7(8)5-3-6/h2*3-4H2,1-2H3,(H2,9,10,11,12,13);4*2-5H,1H3. The van der Waals surface area contributed by atoms with Crippen LogP contribution in [0.1, 0.15) is 75.6 Å². The van der Waals surface area contributed by atoms with Crippen molar-refractivity contribution in [1.29, 1.82) is 0 Å². The molecule has 0 spiro atoms. The summed E-state index contributed by atoms with van der Waals surface area (Å²) in [7, 11) is 0. The molecule has 0 bridgehead atoms. The van der Waals surface area contributed by atoms with E-state index in [0.29, 0.717) is 25.7 Å². The number of barbiturate groups is 2. The lowest BCUT2D eigenvalue weighted by atomic mass is 9.79. The molecule has 0 saturated carbocycles. The summed E-state index contributed by atoms with van der Waals surface area (Å²) in [6.07, 6.45) is 13.4. The van der Waals surface area contributed by atoms with Crippen LogP contribution >= 0.6 is 0 Å². The fourth-order valence-corrected chi connectivity index (χ4v) is 4.89. The van der Waals surface area contributed by atoms with Crippen molar-refractivity contribution in [1.82, 2.24) is 21.3 Å². The summed E-state index contributed by atoms with van der Waals surface area (Å²) in [5.41, 5.74) is 2.31. The van der Waals surface area contributed by atoms with Gasteiger partial charge in [0.2, 0.25) is 23.6 Å².